The highest BCUT2D eigenvalue weighted by Crippen LogP contribution is 2.58. The lowest BCUT2D eigenvalue weighted by Gasteiger charge is -2.32. The molecule has 1 aliphatic carbocycles. The molecule has 0 aliphatic heterocycles. The summed E-state index contributed by atoms with van der Waals surface area (Å²) in [5, 5.41) is 0. The highest BCUT2D eigenvalue weighted by Gasteiger charge is 2.53. The predicted molar refractivity (Wildman–Crippen MR) is 70.0 cm³/mol. The van der Waals surface area contributed by atoms with Crippen molar-refractivity contribution in [1.82, 2.24) is 0 Å². The summed E-state index contributed by atoms with van der Waals surface area (Å²) in [7, 11) is 0. The van der Waals surface area contributed by atoms with E-state index < -0.39 is 0 Å². The van der Waals surface area contributed by atoms with Crippen LogP contribution in [0.15, 0.2) is 35.9 Å². The van der Waals surface area contributed by atoms with Gasteiger partial charge in [0.15, 0.2) is 0 Å². The van der Waals surface area contributed by atoms with Crippen LogP contribution in [0.25, 0.3) is 6.08 Å². The van der Waals surface area contributed by atoms with E-state index in [0.29, 0.717) is 0 Å². The van der Waals surface area contributed by atoms with Gasteiger partial charge in [0.1, 0.15) is 0 Å². The molecule has 1 aromatic carbocycles. The minimum atomic E-state index is -0.109. The molecule has 0 radical (unpaired) electrons. The largest absolute Gasteiger partial charge is 0.325 e. The van der Waals surface area contributed by atoms with Gasteiger partial charge in [-0.3, -0.25) is 0 Å². The maximum atomic E-state index is 6.29. The Hall–Kier alpha value is -1.08. The van der Waals surface area contributed by atoms with Gasteiger partial charge >= 0.3 is 0 Å². The van der Waals surface area contributed by atoms with Crippen LogP contribution in [0.1, 0.15) is 39.2 Å². The van der Waals surface area contributed by atoms with E-state index in [0.717, 1.165) is 0 Å². The highest BCUT2D eigenvalue weighted by molar-refractivity contribution is 5.55. The molecule has 0 spiro atoms. The third-order valence-corrected chi connectivity index (χ3v) is 3.92. The van der Waals surface area contributed by atoms with Crippen molar-refractivity contribution >= 4 is 6.08 Å². The fourth-order valence-electron chi connectivity index (χ4n) is 2.61. The Balaban J connectivity index is 2.27. The maximum Gasteiger partial charge on any atom is 0.0191 e. The number of hydrogen-bond donors (Lipinski definition) is 1. The molecule has 0 heterocycles. The average Bonchev–Trinajstić information content (AvgIpc) is 2.98. The third kappa shape index (κ3) is 1.92. The molecule has 0 atom stereocenters. The molecule has 0 unspecified atom stereocenters. The van der Waals surface area contributed by atoms with Crippen LogP contribution in [-0.2, 0) is 0 Å². The van der Waals surface area contributed by atoms with Crippen LogP contribution < -0.4 is 5.73 Å². The number of nitrogens with two attached hydrogens (primary N) is 1. The first-order valence-electron chi connectivity index (χ1n) is 5.98. The first kappa shape index (κ1) is 11.4. The maximum absolute atomic E-state index is 6.29. The van der Waals surface area contributed by atoms with Gasteiger partial charge in [-0.1, -0.05) is 42.0 Å². The molecule has 1 aromatic rings. The van der Waals surface area contributed by atoms with Crippen molar-refractivity contribution in [3.63, 3.8) is 0 Å². The molecule has 1 heteroatoms. The quantitative estimate of drug-likeness (QED) is 0.819. The Morgan fingerprint density at radius 2 is 1.81 bits per heavy atom. The van der Waals surface area contributed by atoms with Crippen LogP contribution in [0.5, 0.6) is 0 Å². The Bertz CT molecular complexity index is 391. The molecular formula is C15H21N. The van der Waals surface area contributed by atoms with Crippen molar-refractivity contribution in [3.05, 3.63) is 41.5 Å². The minimum Gasteiger partial charge on any atom is -0.325 e. The molecule has 1 nitrogen and oxygen atoms in total. The zero-order valence-electron chi connectivity index (χ0n) is 10.5. The summed E-state index contributed by atoms with van der Waals surface area (Å²) >= 11 is 0. The van der Waals surface area contributed by atoms with Crippen LogP contribution in [0.3, 0.4) is 0 Å². The van der Waals surface area contributed by atoms with Crippen LogP contribution in [0.4, 0.5) is 0 Å². The van der Waals surface area contributed by atoms with E-state index in [4.69, 9.17) is 5.73 Å². The van der Waals surface area contributed by atoms with E-state index >= 15 is 0 Å². The van der Waals surface area contributed by atoms with Crippen LogP contribution in [0.2, 0.25) is 0 Å². The lowest BCUT2D eigenvalue weighted by molar-refractivity contribution is 0.346. The SMILES string of the molecule is C/C(=C\c1ccccc1)C1(C(C)(C)N)CC1. The number of hydrogen-bond acceptors (Lipinski definition) is 1. The minimum absolute atomic E-state index is 0.109. The van der Waals surface area contributed by atoms with Crippen molar-refractivity contribution in [2.24, 2.45) is 11.1 Å². The lowest BCUT2D eigenvalue weighted by Crippen LogP contribution is -2.43. The fourth-order valence-corrected chi connectivity index (χ4v) is 2.61. The molecule has 2 rings (SSSR count). The lowest BCUT2D eigenvalue weighted by atomic mass is 9.79. The molecule has 0 bridgehead atoms. The molecule has 86 valence electrons. The summed E-state index contributed by atoms with van der Waals surface area (Å²) in [6, 6.07) is 10.5. The fraction of sp³-hybridized carbons (Fsp3) is 0.467. The van der Waals surface area contributed by atoms with Gasteiger partial charge in [-0.05, 0) is 39.2 Å². The van der Waals surface area contributed by atoms with E-state index in [2.05, 4.69) is 51.1 Å². The Kier molecular flexibility index (Phi) is 2.67. The molecule has 1 fully saturated rings. The van der Waals surface area contributed by atoms with Gasteiger partial charge in [-0.15, -0.1) is 0 Å². The summed E-state index contributed by atoms with van der Waals surface area (Å²) in [6.07, 6.45) is 4.74. The van der Waals surface area contributed by atoms with Crippen molar-refractivity contribution in [1.29, 1.82) is 0 Å². The second-order valence-electron chi connectivity index (χ2n) is 5.54. The van der Waals surface area contributed by atoms with Gasteiger partial charge in [0.2, 0.25) is 0 Å². The van der Waals surface area contributed by atoms with Gasteiger partial charge in [0, 0.05) is 11.0 Å². The monoisotopic (exact) mass is 215 g/mol. The van der Waals surface area contributed by atoms with Gasteiger partial charge in [0.05, 0.1) is 0 Å². The van der Waals surface area contributed by atoms with E-state index in [9.17, 15) is 0 Å². The van der Waals surface area contributed by atoms with Crippen LogP contribution >= 0.6 is 0 Å². The first-order valence-corrected chi connectivity index (χ1v) is 5.98. The molecule has 1 saturated carbocycles. The highest BCUT2D eigenvalue weighted by atomic mass is 14.8. The van der Waals surface area contributed by atoms with Crippen molar-refractivity contribution in [2.45, 2.75) is 39.2 Å². The Labute approximate surface area is 98.4 Å². The van der Waals surface area contributed by atoms with E-state index in [1.165, 1.54) is 24.0 Å². The van der Waals surface area contributed by atoms with Crippen molar-refractivity contribution in [3.8, 4) is 0 Å². The molecular weight excluding hydrogens is 194 g/mol. The molecule has 2 N–H and O–H groups in total. The second kappa shape index (κ2) is 3.74. The molecule has 16 heavy (non-hydrogen) atoms. The Morgan fingerprint density at radius 1 is 1.25 bits per heavy atom. The second-order valence-corrected chi connectivity index (χ2v) is 5.54. The van der Waals surface area contributed by atoms with Gasteiger partial charge in [-0.2, -0.15) is 0 Å². The normalized spacial score (nSPS) is 19.6. The van der Waals surface area contributed by atoms with Gasteiger partial charge < -0.3 is 5.73 Å². The third-order valence-electron chi connectivity index (χ3n) is 3.92. The zero-order valence-corrected chi connectivity index (χ0v) is 10.5. The summed E-state index contributed by atoms with van der Waals surface area (Å²) in [5.41, 5.74) is 9.12. The molecule has 0 amide bonds. The number of benzene rings is 1. The molecule has 1 aliphatic rings. The zero-order chi connectivity index (χ0) is 11.8. The van der Waals surface area contributed by atoms with Gasteiger partial charge in [0.25, 0.3) is 0 Å². The summed E-state index contributed by atoms with van der Waals surface area (Å²) in [6.45, 7) is 6.50. The summed E-state index contributed by atoms with van der Waals surface area (Å²) in [5.74, 6) is 0. The van der Waals surface area contributed by atoms with Crippen molar-refractivity contribution in [2.75, 3.05) is 0 Å². The summed E-state index contributed by atoms with van der Waals surface area (Å²) < 4.78 is 0. The van der Waals surface area contributed by atoms with E-state index in [1.807, 2.05) is 6.07 Å². The predicted octanol–water partition coefficient (Wildman–Crippen LogP) is 3.61. The standard InChI is InChI=1S/C15H21N/c1-12(11-13-7-5-4-6-8-13)15(9-10-15)14(2,3)16/h4-8,11H,9-10,16H2,1-3H3/b12-11+. The molecule has 0 aromatic heterocycles. The average molecular weight is 215 g/mol. The Morgan fingerprint density at radius 3 is 2.25 bits per heavy atom. The summed E-state index contributed by atoms with van der Waals surface area (Å²) in [4.78, 5) is 0. The smallest absolute Gasteiger partial charge is 0.0191 e. The topological polar surface area (TPSA) is 26.0 Å². The number of rotatable bonds is 3. The first-order chi connectivity index (χ1) is 7.46. The molecule has 0 saturated heterocycles. The van der Waals surface area contributed by atoms with Crippen LogP contribution in [0, 0.1) is 5.41 Å². The van der Waals surface area contributed by atoms with E-state index in [1.54, 1.807) is 0 Å². The van der Waals surface area contributed by atoms with Crippen LogP contribution in [-0.4, -0.2) is 5.54 Å². The van der Waals surface area contributed by atoms with E-state index in [-0.39, 0.29) is 11.0 Å². The van der Waals surface area contributed by atoms with Crippen molar-refractivity contribution < 1.29 is 0 Å². The van der Waals surface area contributed by atoms with Gasteiger partial charge in [-0.25, -0.2) is 0 Å².